The van der Waals surface area contributed by atoms with E-state index < -0.39 is 11.8 Å². The molecule has 10 heteroatoms. The highest BCUT2D eigenvalue weighted by atomic mass is 32.2. The summed E-state index contributed by atoms with van der Waals surface area (Å²) in [5.74, 6) is -0.121. The topological polar surface area (TPSA) is 85.5 Å². The normalized spacial score (nSPS) is 15.6. The number of carbonyl (C=O) groups is 2. The zero-order valence-electron chi connectivity index (χ0n) is 14.4. The Morgan fingerprint density at radius 2 is 2.26 bits per heavy atom. The summed E-state index contributed by atoms with van der Waals surface area (Å²) >= 11 is 2.55. The van der Waals surface area contributed by atoms with Gasteiger partial charge in [0.25, 0.3) is 11.1 Å². The first kappa shape index (κ1) is 19.4. The summed E-state index contributed by atoms with van der Waals surface area (Å²) in [5.41, 5.74) is 0.239. The number of hydrogen-bond donors (Lipinski definition) is 0. The molecule has 0 spiro atoms. The molecule has 0 saturated carbocycles. The van der Waals surface area contributed by atoms with Gasteiger partial charge < -0.3 is 14.1 Å². The quantitative estimate of drug-likeness (QED) is 0.392. The Bertz CT molecular complexity index is 871. The van der Waals surface area contributed by atoms with Crippen molar-refractivity contribution in [3.05, 3.63) is 41.2 Å². The van der Waals surface area contributed by atoms with Crippen LogP contribution in [0.2, 0.25) is 0 Å². The van der Waals surface area contributed by atoms with E-state index in [-0.39, 0.29) is 34.9 Å². The molecule has 0 unspecified atom stereocenters. The highest BCUT2D eigenvalue weighted by molar-refractivity contribution is 8.04. The molecule has 2 aromatic rings. The highest BCUT2D eigenvalue weighted by Crippen LogP contribution is 2.30. The summed E-state index contributed by atoms with van der Waals surface area (Å²) in [7, 11) is 0. The lowest BCUT2D eigenvalue weighted by Gasteiger charge is -2.15. The Balaban J connectivity index is 1.58. The number of ether oxygens (including phenoxy) is 1. The van der Waals surface area contributed by atoms with Crippen molar-refractivity contribution in [2.24, 2.45) is 0 Å². The Morgan fingerprint density at radius 1 is 1.44 bits per heavy atom. The van der Waals surface area contributed by atoms with Crippen LogP contribution >= 0.6 is 23.5 Å². The van der Waals surface area contributed by atoms with Crippen molar-refractivity contribution in [1.29, 1.82) is 0 Å². The van der Waals surface area contributed by atoms with Gasteiger partial charge in [0.05, 0.1) is 29.0 Å². The molecule has 1 aromatic carbocycles. The van der Waals surface area contributed by atoms with Gasteiger partial charge in [-0.25, -0.2) is 9.18 Å². The number of aromatic nitrogens is 2. The van der Waals surface area contributed by atoms with Gasteiger partial charge in [-0.15, -0.1) is 10.2 Å². The molecule has 1 amide bonds. The molecule has 1 saturated heterocycles. The lowest BCUT2D eigenvalue weighted by atomic mass is 10.2. The van der Waals surface area contributed by atoms with Crippen molar-refractivity contribution in [3.8, 4) is 11.5 Å². The smallest absolute Gasteiger partial charge is 0.333 e. The second kappa shape index (κ2) is 9.05. The molecule has 0 bridgehead atoms. The summed E-state index contributed by atoms with van der Waals surface area (Å²) in [6.45, 7) is 2.37. The molecule has 1 fully saturated rings. The molecule has 2 heterocycles. The van der Waals surface area contributed by atoms with Crippen LogP contribution in [0, 0.1) is 5.82 Å². The van der Waals surface area contributed by atoms with Crippen LogP contribution in [0.15, 0.2) is 45.0 Å². The summed E-state index contributed by atoms with van der Waals surface area (Å²) < 4.78 is 24.1. The number of esters is 1. The second-order valence-electron chi connectivity index (χ2n) is 5.27. The summed E-state index contributed by atoms with van der Waals surface area (Å²) in [6.07, 6.45) is 1.33. The second-order valence-corrected chi connectivity index (χ2v) is 7.31. The molecule has 1 aliphatic rings. The molecule has 1 aromatic heterocycles. The Labute approximate surface area is 163 Å². The zero-order valence-corrected chi connectivity index (χ0v) is 16.0. The lowest BCUT2D eigenvalue weighted by Crippen LogP contribution is -2.27. The van der Waals surface area contributed by atoms with Gasteiger partial charge in [0.15, 0.2) is 0 Å². The maximum atomic E-state index is 13.8. The summed E-state index contributed by atoms with van der Waals surface area (Å²) in [6, 6.07) is 6.14. The molecule has 27 heavy (non-hydrogen) atoms. The zero-order chi connectivity index (χ0) is 19.2. The van der Waals surface area contributed by atoms with Crippen molar-refractivity contribution < 1.29 is 23.1 Å². The maximum Gasteiger partial charge on any atom is 0.333 e. The van der Waals surface area contributed by atoms with Crippen LogP contribution in [0.3, 0.4) is 0 Å². The molecule has 0 aliphatic carbocycles. The fraction of sp³-hybridized carbons (Fsp3) is 0.294. The first-order chi connectivity index (χ1) is 13.1. The van der Waals surface area contributed by atoms with Crippen LogP contribution < -0.4 is 0 Å². The number of halogens is 1. The monoisotopic (exact) mass is 409 g/mol. The summed E-state index contributed by atoms with van der Waals surface area (Å²) in [4.78, 5) is 25.1. The third-order valence-corrected chi connectivity index (χ3v) is 5.31. The van der Waals surface area contributed by atoms with E-state index in [9.17, 15) is 14.0 Å². The van der Waals surface area contributed by atoms with Gasteiger partial charge in [-0.2, -0.15) is 0 Å². The average Bonchev–Trinajstić information content (AvgIpc) is 3.24. The first-order valence-corrected chi connectivity index (χ1v) is 10.1. The van der Waals surface area contributed by atoms with Gasteiger partial charge in [0, 0.05) is 12.3 Å². The van der Waals surface area contributed by atoms with Crippen LogP contribution in [0.1, 0.15) is 6.92 Å². The number of benzene rings is 1. The molecule has 0 radical (unpaired) electrons. The molecule has 0 N–H and O–H groups in total. The number of carbonyl (C=O) groups excluding carboxylic acids is 2. The van der Waals surface area contributed by atoms with Crippen LogP contribution in [-0.2, 0) is 14.3 Å². The first-order valence-electron chi connectivity index (χ1n) is 8.11. The van der Waals surface area contributed by atoms with E-state index in [1.165, 1.54) is 40.6 Å². The van der Waals surface area contributed by atoms with E-state index >= 15 is 0 Å². The minimum Gasteiger partial charge on any atom is -0.463 e. The van der Waals surface area contributed by atoms with Gasteiger partial charge in [0.1, 0.15) is 5.82 Å². The van der Waals surface area contributed by atoms with E-state index in [1.807, 2.05) is 0 Å². The van der Waals surface area contributed by atoms with Crippen molar-refractivity contribution in [1.82, 2.24) is 15.1 Å². The predicted molar refractivity (Wildman–Crippen MR) is 99.3 cm³/mol. The summed E-state index contributed by atoms with van der Waals surface area (Å²) in [5, 5.41) is 8.59. The van der Waals surface area contributed by atoms with E-state index in [0.717, 1.165) is 0 Å². The Kier molecular flexibility index (Phi) is 6.51. The van der Waals surface area contributed by atoms with Crippen LogP contribution in [-0.4, -0.2) is 51.6 Å². The molecule has 7 nitrogen and oxygen atoms in total. The van der Waals surface area contributed by atoms with Crippen molar-refractivity contribution in [3.63, 3.8) is 0 Å². The Morgan fingerprint density at radius 3 is 3.04 bits per heavy atom. The van der Waals surface area contributed by atoms with Crippen LogP contribution in [0.4, 0.5) is 4.39 Å². The van der Waals surface area contributed by atoms with Crippen LogP contribution in [0.25, 0.3) is 11.5 Å². The average molecular weight is 409 g/mol. The Hall–Kier alpha value is -2.33. The van der Waals surface area contributed by atoms with E-state index in [2.05, 4.69) is 10.2 Å². The maximum absolute atomic E-state index is 13.8. The minimum absolute atomic E-state index is 0.0753. The molecule has 3 rings (SSSR count). The van der Waals surface area contributed by atoms with Gasteiger partial charge in [0.2, 0.25) is 5.91 Å². The van der Waals surface area contributed by atoms with E-state index in [1.54, 1.807) is 25.1 Å². The van der Waals surface area contributed by atoms with E-state index in [0.29, 0.717) is 17.3 Å². The third-order valence-electron chi connectivity index (χ3n) is 3.49. The van der Waals surface area contributed by atoms with Crippen molar-refractivity contribution >= 4 is 35.4 Å². The molecular weight excluding hydrogens is 393 g/mol. The largest absolute Gasteiger partial charge is 0.463 e. The highest BCUT2D eigenvalue weighted by Gasteiger charge is 2.27. The molecular formula is C17H16FN3O4S2. The molecule has 142 valence electrons. The third kappa shape index (κ3) is 4.89. The minimum atomic E-state index is -0.473. The standard InChI is InChI=1S/C17H16FN3O4S2/c1-2-24-15(23)9-14-21(13(22)10-27-14)7-8-26-17-20-19-16(25-17)11-5-3-4-6-12(11)18/h3-6,9H,2,7-8,10H2,1H3/b14-9-. The number of hydrogen-bond acceptors (Lipinski definition) is 8. The van der Waals surface area contributed by atoms with Gasteiger partial charge in [-0.3, -0.25) is 4.79 Å². The van der Waals surface area contributed by atoms with E-state index in [4.69, 9.17) is 9.15 Å². The number of amides is 1. The van der Waals surface area contributed by atoms with Crippen molar-refractivity contribution in [2.45, 2.75) is 12.1 Å². The number of nitrogens with zero attached hydrogens (tertiary/aromatic N) is 3. The van der Waals surface area contributed by atoms with Gasteiger partial charge in [-0.1, -0.05) is 35.7 Å². The number of thioether (sulfide) groups is 2. The number of rotatable bonds is 7. The van der Waals surface area contributed by atoms with Gasteiger partial charge >= 0.3 is 5.97 Å². The predicted octanol–water partition coefficient (Wildman–Crippen LogP) is 2.95. The SMILES string of the molecule is CCOC(=O)/C=C1\SCC(=O)N1CCSc1nnc(-c2ccccc2F)o1. The fourth-order valence-electron chi connectivity index (χ4n) is 2.29. The molecule has 0 atom stereocenters. The molecule has 1 aliphatic heterocycles. The lowest BCUT2D eigenvalue weighted by molar-refractivity contribution is -0.137. The van der Waals surface area contributed by atoms with Crippen molar-refractivity contribution in [2.75, 3.05) is 24.7 Å². The van der Waals surface area contributed by atoms with Crippen LogP contribution in [0.5, 0.6) is 0 Å². The van der Waals surface area contributed by atoms with Gasteiger partial charge in [-0.05, 0) is 19.1 Å². The fourth-order valence-corrected chi connectivity index (χ4v) is 3.93.